The number of pyridine rings is 6. The van der Waals surface area contributed by atoms with Crippen LogP contribution in [-0.2, 0) is 42.4 Å². The second kappa shape index (κ2) is 34.8. The van der Waals surface area contributed by atoms with Crippen LogP contribution in [0, 0.1) is 14.0 Å². The van der Waals surface area contributed by atoms with Gasteiger partial charge in [0.15, 0.2) is 9.04 Å². The van der Waals surface area contributed by atoms with Gasteiger partial charge in [-0.2, -0.15) is 0 Å². The fourth-order valence-corrected chi connectivity index (χ4v) is 4.96. The van der Waals surface area contributed by atoms with Gasteiger partial charge in [0.1, 0.15) is 0 Å². The zero-order valence-corrected chi connectivity index (χ0v) is 40.4. The predicted octanol–water partition coefficient (Wildman–Crippen LogP) is 11.8. The van der Waals surface area contributed by atoms with Crippen molar-refractivity contribution in [3.8, 4) is 45.6 Å². The molecule has 321 valence electrons. The van der Waals surface area contributed by atoms with Gasteiger partial charge in [-0.05, 0) is 99.0 Å². The third-order valence-electron chi connectivity index (χ3n) is 6.24. The van der Waals surface area contributed by atoms with Crippen LogP contribution < -0.4 is 0 Å². The van der Waals surface area contributed by atoms with Crippen molar-refractivity contribution < 1.29 is 42.4 Å². The molecule has 0 spiro atoms. The molecule has 0 bridgehead atoms. The average Bonchev–Trinajstić information content (AvgIpc) is 3.21. The molecule has 6 rings (SSSR count). The molecule has 6 aromatic heterocycles. The molecular weight excluding hydrogens is 871 g/mol. The number of nitrogens with zero attached hydrogens (tertiary/aromatic N) is 6. The van der Waals surface area contributed by atoms with Crippen LogP contribution in [0.5, 0.6) is 0 Å². The first-order valence-electron chi connectivity index (χ1n) is 18.1. The summed E-state index contributed by atoms with van der Waals surface area (Å²) in [6.45, 7) is 27.5. The molecule has 0 aliphatic rings. The van der Waals surface area contributed by atoms with Crippen LogP contribution >= 0.6 is 0 Å². The van der Waals surface area contributed by atoms with Crippen molar-refractivity contribution in [1.82, 2.24) is 29.9 Å². The predicted molar refractivity (Wildman–Crippen MR) is 252 cm³/mol. The van der Waals surface area contributed by atoms with Crippen molar-refractivity contribution in [3.05, 3.63) is 173 Å². The van der Waals surface area contributed by atoms with Crippen LogP contribution in [-0.4, -0.2) is 69.3 Å². The van der Waals surface area contributed by atoms with Gasteiger partial charge in [-0.15, -0.1) is 21.2 Å². The number of aromatic nitrogens is 6. The molecule has 6 aromatic rings. The third kappa shape index (κ3) is 28.1. The van der Waals surface area contributed by atoms with E-state index in [1.165, 1.54) is 0 Å². The van der Waals surface area contributed by atoms with E-state index in [1.807, 2.05) is 109 Å². The van der Waals surface area contributed by atoms with E-state index in [9.17, 15) is 0 Å². The fourth-order valence-electron chi connectivity index (χ4n) is 3.98. The van der Waals surface area contributed by atoms with E-state index in [1.54, 1.807) is 36.9 Å². The smallest absolute Gasteiger partial charge is 0.205 e. The molecule has 0 amide bonds. The van der Waals surface area contributed by atoms with Gasteiger partial charge in [0.25, 0.3) is 0 Å². The Hall–Kier alpha value is -4.04. The van der Waals surface area contributed by atoms with E-state index in [0.29, 0.717) is 6.61 Å². The van der Waals surface area contributed by atoms with Gasteiger partial charge in [-0.1, -0.05) is 75.6 Å². The second-order valence-electron chi connectivity index (χ2n) is 13.4. The maximum atomic E-state index is 5.21. The van der Waals surface area contributed by atoms with Crippen LogP contribution in [0.15, 0.2) is 159 Å². The Morgan fingerprint density at radius 3 is 1.00 bits per heavy atom. The Kier molecular flexibility index (Phi) is 35.0. The minimum absolute atomic E-state index is 0. The van der Waals surface area contributed by atoms with Crippen molar-refractivity contribution in [2.24, 2.45) is 0 Å². The van der Waals surface area contributed by atoms with Crippen LogP contribution in [0.25, 0.3) is 45.6 Å². The molecule has 0 unspecified atom stereocenters. The van der Waals surface area contributed by atoms with Crippen LogP contribution in [0.2, 0.25) is 45.8 Å². The largest absolute Gasteiger partial charge is 0.417 e. The summed E-state index contributed by atoms with van der Waals surface area (Å²) >= 11 is 0. The first-order valence-corrected chi connectivity index (χ1v) is 27.0. The van der Waals surface area contributed by atoms with Gasteiger partial charge in [0.05, 0.1) is 58.8 Å². The molecule has 0 aromatic carbocycles. The quantitative estimate of drug-likeness (QED) is 0.0761. The molecule has 0 fully saturated rings. The van der Waals surface area contributed by atoms with Gasteiger partial charge in [0, 0.05) is 58.3 Å². The van der Waals surface area contributed by atoms with E-state index in [2.05, 4.69) is 95.4 Å². The van der Waals surface area contributed by atoms with Crippen LogP contribution in [0.3, 0.4) is 0 Å². The topological polar surface area (TPSA) is 95.8 Å². The monoisotopic (exact) mass is 933 g/mol. The Labute approximate surface area is 381 Å². The molecule has 0 aliphatic carbocycles. The molecule has 0 aliphatic heterocycles. The van der Waals surface area contributed by atoms with E-state index < -0.39 is 26.2 Å². The first kappa shape index (κ1) is 59.3. The maximum Gasteiger partial charge on any atom is 0.205 e. The van der Waals surface area contributed by atoms with Gasteiger partial charge in [-0.3, -0.25) is 19.9 Å². The van der Waals surface area contributed by atoms with Crippen LogP contribution in [0.4, 0.5) is 0 Å². The van der Waals surface area contributed by atoms with E-state index in [4.69, 9.17) is 8.85 Å². The number of rotatable bonds is 10. The van der Waals surface area contributed by atoms with Gasteiger partial charge in [0.2, 0.25) is 9.04 Å². The molecule has 3 radical (unpaired) electrons. The Balaban J connectivity index is -0.000000717. The zero-order chi connectivity index (χ0) is 40.3. The summed E-state index contributed by atoms with van der Waals surface area (Å²) in [6, 6.07) is 35.0. The molecule has 0 saturated heterocycles. The minimum Gasteiger partial charge on any atom is -0.417 e. The van der Waals surface area contributed by atoms with Gasteiger partial charge in [-0.25, -0.2) is 9.97 Å². The molecule has 8 nitrogen and oxygen atoms in total. The Bertz CT molecular complexity index is 1660. The number of hydrogen-bond acceptors (Lipinski definition) is 8. The molecule has 59 heavy (non-hydrogen) atoms. The molecule has 0 N–H and O–H groups in total. The third-order valence-corrected chi connectivity index (χ3v) is 7.85. The zero-order valence-electron chi connectivity index (χ0n) is 35.1. The van der Waals surface area contributed by atoms with Gasteiger partial charge < -0.3 is 22.8 Å². The van der Waals surface area contributed by atoms with Crippen molar-refractivity contribution in [2.75, 3.05) is 13.2 Å². The van der Waals surface area contributed by atoms with Crippen molar-refractivity contribution in [2.45, 2.75) is 53.3 Å². The minimum atomic E-state index is -0.861. The van der Waals surface area contributed by atoms with Gasteiger partial charge >= 0.3 is 0 Å². The van der Waals surface area contributed by atoms with Crippen LogP contribution in [0.1, 0.15) is 7.43 Å². The molecule has 6 heterocycles. The molecular formula is C46H63Co2N6O2Si3-2. The SMILES string of the molecule is C.C=CCO[SiH](C)C.C=CCO[Si](C)C.[CH2-][Si](C)(C)C.[CH3-].[Co].[Co].c1ccc(-c2cccc(-c3ccccn3)n2)nc1.c1ccc(-c2cccc(-c3ccccn3)n2)nc1. The second-order valence-corrected chi connectivity index (χ2v) is 23.1. The fraction of sp³-hybridized carbons (Fsp3) is 0.217. The van der Waals surface area contributed by atoms with E-state index in [-0.39, 0.29) is 48.4 Å². The van der Waals surface area contributed by atoms with Crippen molar-refractivity contribution >= 4 is 26.2 Å². The summed E-state index contributed by atoms with van der Waals surface area (Å²) in [6.07, 6.45) is 10.6. The van der Waals surface area contributed by atoms with Crippen molar-refractivity contribution in [3.63, 3.8) is 0 Å². The number of hydrogen-bond donors (Lipinski definition) is 0. The summed E-state index contributed by atoms with van der Waals surface area (Å²) < 4.78 is 10.4. The normalized spacial score (nSPS) is 9.53. The standard InChI is InChI=1S/2C15H11N3.C5H12OSi.C5H11OSi.C4H11Si.CH4.CH3.2Co/c2*1-3-10-16-12(6-1)14-8-5-9-15(18-14)13-7-2-4-11-17-13;2*1-4-5-6-7(2)3;1-5(2,3)4;;;;/h2*1-11H;4,7H,1,5H2,2-3H3;4H,1,5H2,2-3H3;1H2,2-4H3;1H4;1H3;;/q;;;;-1;;-1;;. The summed E-state index contributed by atoms with van der Waals surface area (Å²) in [5.41, 5.74) is 6.92. The van der Waals surface area contributed by atoms with Crippen molar-refractivity contribution in [1.29, 1.82) is 0 Å². The average molecular weight is 934 g/mol. The summed E-state index contributed by atoms with van der Waals surface area (Å²) in [7, 11) is -2.09. The Morgan fingerprint density at radius 1 is 0.559 bits per heavy atom. The summed E-state index contributed by atoms with van der Waals surface area (Å²) in [5, 5.41) is 0. The summed E-state index contributed by atoms with van der Waals surface area (Å²) in [4.78, 5) is 26.4. The Morgan fingerprint density at radius 2 is 0.831 bits per heavy atom. The first-order chi connectivity index (χ1) is 26.4. The molecule has 0 saturated carbocycles. The van der Waals surface area contributed by atoms with E-state index >= 15 is 0 Å². The van der Waals surface area contributed by atoms with E-state index in [0.717, 1.165) is 52.2 Å². The molecule has 0 atom stereocenters. The maximum absolute atomic E-state index is 5.21. The summed E-state index contributed by atoms with van der Waals surface area (Å²) in [5.74, 6) is 0. The molecule has 13 heteroatoms.